The molecule has 6 heteroatoms. The molecule has 1 saturated heterocycles. The van der Waals surface area contributed by atoms with Crippen molar-refractivity contribution in [3.05, 3.63) is 12.3 Å². The Morgan fingerprint density at radius 2 is 1.75 bits per heavy atom. The van der Waals surface area contributed by atoms with E-state index < -0.39 is 0 Å². The zero-order valence-electron chi connectivity index (χ0n) is 12.8. The fourth-order valence-electron chi connectivity index (χ4n) is 2.54. The van der Waals surface area contributed by atoms with Crippen molar-refractivity contribution in [3.8, 4) is 0 Å². The molecule has 0 atom stereocenters. The second-order valence-corrected chi connectivity index (χ2v) is 5.84. The van der Waals surface area contributed by atoms with Crippen LogP contribution in [0.1, 0.15) is 6.42 Å². The van der Waals surface area contributed by atoms with Crippen molar-refractivity contribution in [3.63, 3.8) is 0 Å². The Morgan fingerprint density at radius 1 is 1.10 bits per heavy atom. The lowest BCUT2D eigenvalue weighted by Gasteiger charge is -2.35. The third-order valence-electron chi connectivity index (χ3n) is 3.85. The van der Waals surface area contributed by atoms with Crippen LogP contribution in [0.4, 0.5) is 5.82 Å². The zero-order chi connectivity index (χ0) is 14.4. The fraction of sp³-hybridized carbons (Fsp3) is 0.786. The fourth-order valence-corrected chi connectivity index (χ4v) is 2.54. The maximum absolute atomic E-state index is 5.61. The molecule has 0 radical (unpaired) electrons. The van der Waals surface area contributed by atoms with Gasteiger partial charge in [0.2, 0.25) is 0 Å². The van der Waals surface area contributed by atoms with Gasteiger partial charge in [-0.15, -0.1) is 0 Å². The van der Waals surface area contributed by atoms with Crippen LogP contribution < -0.4 is 5.73 Å². The topological polar surface area (TPSA) is 53.6 Å². The Labute approximate surface area is 122 Å². The second kappa shape index (κ2) is 7.61. The summed E-state index contributed by atoms with van der Waals surface area (Å²) in [4.78, 5) is 7.37. The first-order chi connectivity index (χ1) is 9.63. The van der Waals surface area contributed by atoms with Gasteiger partial charge in [-0.2, -0.15) is 5.10 Å². The third kappa shape index (κ3) is 5.11. The molecule has 0 aromatic carbocycles. The highest BCUT2D eigenvalue weighted by atomic mass is 15.3. The Bertz CT molecular complexity index is 381. The van der Waals surface area contributed by atoms with Crippen molar-refractivity contribution >= 4 is 5.82 Å². The van der Waals surface area contributed by atoms with E-state index in [9.17, 15) is 0 Å². The molecule has 2 heterocycles. The molecule has 2 N–H and O–H groups in total. The Morgan fingerprint density at radius 3 is 2.30 bits per heavy atom. The summed E-state index contributed by atoms with van der Waals surface area (Å²) in [5, 5.41) is 4.21. The molecule has 20 heavy (non-hydrogen) atoms. The van der Waals surface area contributed by atoms with Gasteiger partial charge in [0.25, 0.3) is 0 Å². The molecule has 0 unspecified atom stereocenters. The van der Waals surface area contributed by atoms with Crippen molar-refractivity contribution in [2.75, 3.05) is 65.6 Å². The van der Waals surface area contributed by atoms with Gasteiger partial charge in [-0.3, -0.25) is 9.58 Å². The third-order valence-corrected chi connectivity index (χ3v) is 3.85. The van der Waals surface area contributed by atoms with Crippen molar-refractivity contribution in [2.24, 2.45) is 0 Å². The minimum atomic E-state index is 0.611. The lowest BCUT2D eigenvalue weighted by Crippen LogP contribution is -2.48. The lowest BCUT2D eigenvalue weighted by molar-refractivity contribution is 0.123. The van der Waals surface area contributed by atoms with Crippen molar-refractivity contribution in [1.82, 2.24) is 24.5 Å². The highest BCUT2D eigenvalue weighted by molar-refractivity contribution is 5.23. The van der Waals surface area contributed by atoms with Crippen LogP contribution in [-0.4, -0.2) is 84.4 Å². The summed E-state index contributed by atoms with van der Waals surface area (Å²) in [6.07, 6.45) is 3.09. The van der Waals surface area contributed by atoms with Crippen molar-refractivity contribution in [2.45, 2.75) is 13.0 Å². The molecular formula is C14H28N6. The first-order valence-corrected chi connectivity index (χ1v) is 7.52. The van der Waals surface area contributed by atoms with E-state index >= 15 is 0 Å². The van der Waals surface area contributed by atoms with Gasteiger partial charge < -0.3 is 15.5 Å². The van der Waals surface area contributed by atoms with Gasteiger partial charge in [0.05, 0.1) is 0 Å². The summed E-state index contributed by atoms with van der Waals surface area (Å²) in [5.74, 6) is 0.611. The van der Waals surface area contributed by atoms with Crippen LogP contribution in [0.15, 0.2) is 12.3 Å². The minimum Gasteiger partial charge on any atom is -0.382 e. The smallest absolute Gasteiger partial charge is 0.145 e. The van der Waals surface area contributed by atoms with Crippen LogP contribution in [0.2, 0.25) is 0 Å². The lowest BCUT2D eigenvalue weighted by atomic mass is 10.3. The number of likely N-dealkylation sites (N-methyl/N-ethyl adjacent to an activating group) is 1. The van der Waals surface area contributed by atoms with E-state index in [1.54, 1.807) is 0 Å². The van der Waals surface area contributed by atoms with Crippen molar-refractivity contribution in [1.29, 1.82) is 0 Å². The molecule has 1 aliphatic rings. The number of hydrogen-bond donors (Lipinski definition) is 1. The van der Waals surface area contributed by atoms with E-state index in [0.29, 0.717) is 5.82 Å². The van der Waals surface area contributed by atoms with Crippen molar-refractivity contribution < 1.29 is 0 Å². The normalized spacial score (nSPS) is 17.9. The molecule has 1 aliphatic heterocycles. The Balaban J connectivity index is 1.57. The molecule has 0 aliphatic carbocycles. The van der Waals surface area contributed by atoms with Crippen LogP contribution in [0, 0.1) is 0 Å². The molecule has 0 amide bonds. The maximum Gasteiger partial charge on any atom is 0.145 e. The number of nitrogens with two attached hydrogens (primary N) is 1. The summed E-state index contributed by atoms with van der Waals surface area (Å²) in [6, 6.07) is 1.85. The standard InChI is InChI=1S/C14H28N6/c1-17(2)8-9-19-12-10-18(11-13-19)5-3-6-20-7-4-14(15)16-20/h4,7H,3,5-6,8-13H2,1-2H3,(H2,15,16). The number of anilines is 1. The summed E-state index contributed by atoms with van der Waals surface area (Å²) < 4.78 is 1.93. The molecule has 0 bridgehead atoms. The molecule has 6 nitrogen and oxygen atoms in total. The molecule has 114 valence electrons. The van der Waals surface area contributed by atoms with Crippen LogP contribution in [-0.2, 0) is 6.54 Å². The van der Waals surface area contributed by atoms with Crippen LogP contribution in [0.5, 0.6) is 0 Å². The van der Waals surface area contributed by atoms with Gasteiger partial charge in [-0.05, 0) is 33.1 Å². The highest BCUT2D eigenvalue weighted by Crippen LogP contribution is 2.04. The number of aromatic nitrogens is 2. The SMILES string of the molecule is CN(C)CCN1CCN(CCCn2ccc(N)n2)CC1. The summed E-state index contributed by atoms with van der Waals surface area (Å²) >= 11 is 0. The largest absolute Gasteiger partial charge is 0.382 e. The molecule has 2 rings (SSSR count). The van der Waals surface area contributed by atoms with E-state index in [1.165, 1.54) is 32.7 Å². The van der Waals surface area contributed by atoms with Gasteiger partial charge >= 0.3 is 0 Å². The zero-order valence-corrected chi connectivity index (χ0v) is 12.8. The predicted molar refractivity (Wildman–Crippen MR) is 82.7 cm³/mol. The Hall–Kier alpha value is -1.11. The Kier molecular flexibility index (Phi) is 5.82. The van der Waals surface area contributed by atoms with Crippen LogP contribution >= 0.6 is 0 Å². The van der Waals surface area contributed by atoms with E-state index in [1.807, 2.05) is 16.9 Å². The molecular weight excluding hydrogens is 252 g/mol. The highest BCUT2D eigenvalue weighted by Gasteiger charge is 2.16. The number of aryl methyl sites for hydroxylation is 1. The first kappa shape index (κ1) is 15.3. The molecule has 1 aromatic heterocycles. The number of piperazine rings is 1. The number of hydrogen-bond acceptors (Lipinski definition) is 5. The number of nitrogens with zero attached hydrogens (tertiary/aromatic N) is 5. The number of nitrogen functional groups attached to an aromatic ring is 1. The van der Waals surface area contributed by atoms with Crippen LogP contribution in [0.25, 0.3) is 0 Å². The molecule has 1 aromatic rings. The monoisotopic (exact) mass is 280 g/mol. The quantitative estimate of drug-likeness (QED) is 0.764. The van der Waals surface area contributed by atoms with E-state index in [4.69, 9.17) is 5.73 Å². The van der Waals surface area contributed by atoms with Crippen LogP contribution in [0.3, 0.4) is 0 Å². The first-order valence-electron chi connectivity index (χ1n) is 7.52. The van der Waals surface area contributed by atoms with Gasteiger partial charge in [-0.1, -0.05) is 0 Å². The average molecular weight is 280 g/mol. The molecule has 0 spiro atoms. The van der Waals surface area contributed by atoms with Gasteiger partial charge in [-0.25, -0.2) is 0 Å². The van der Waals surface area contributed by atoms with E-state index in [2.05, 4.69) is 33.9 Å². The molecule has 1 fully saturated rings. The summed E-state index contributed by atoms with van der Waals surface area (Å²) in [6.45, 7) is 9.22. The maximum atomic E-state index is 5.61. The van der Waals surface area contributed by atoms with Gasteiger partial charge in [0.15, 0.2) is 0 Å². The van der Waals surface area contributed by atoms with Gasteiger partial charge in [0, 0.05) is 52.0 Å². The predicted octanol–water partition coefficient (Wildman–Crippen LogP) is 0.0346. The molecule has 0 saturated carbocycles. The number of rotatable bonds is 7. The summed E-state index contributed by atoms with van der Waals surface area (Å²) in [7, 11) is 4.27. The van der Waals surface area contributed by atoms with E-state index in [0.717, 1.165) is 26.1 Å². The minimum absolute atomic E-state index is 0.611. The van der Waals surface area contributed by atoms with Gasteiger partial charge in [0.1, 0.15) is 5.82 Å². The second-order valence-electron chi connectivity index (χ2n) is 5.84. The summed E-state index contributed by atoms with van der Waals surface area (Å²) in [5.41, 5.74) is 5.61. The van der Waals surface area contributed by atoms with E-state index in [-0.39, 0.29) is 0 Å². The average Bonchev–Trinajstić information content (AvgIpc) is 2.83.